The average molecular weight is 281 g/mol. The number of halogens is 1. The van der Waals surface area contributed by atoms with Crippen LogP contribution >= 0.6 is 15.9 Å². The van der Waals surface area contributed by atoms with Crippen molar-refractivity contribution in [3.05, 3.63) is 51.4 Å². The van der Waals surface area contributed by atoms with E-state index in [1.807, 2.05) is 18.2 Å². The lowest BCUT2D eigenvalue weighted by Gasteiger charge is -2.07. The fraction of sp³-hybridized carbons (Fsp3) is 0.0909. The molecule has 0 aliphatic carbocycles. The molecule has 16 heavy (non-hydrogen) atoms. The maximum atomic E-state index is 11.7. The molecule has 0 radical (unpaired) electrons. The number of aryl methyl sites for hydroxylation is 1. The predicted octanol–water partition coefficient (Wildman–Crippen LogP) is 2.34. The van der Waals surface area contributed by atoms with Gasteiger partial charge in [0, 0.05) is 7.05 Å². The topological polar surface area (TPSA) is 44.1 Å². The SMILES string of the molecule is Cn1ncc(Br)c(Oc2ccccc2)c1=O. The summed E-state index contributed by atoms with van der Waals surface area (Å²) in [6.07, 6.45) is 1.53. The van der Waals surface area contributed by atoms with Gasteiger partial charge in [-0.2, -0.15) is 5.10 Å². The Labute approximate surface area is 101 Å². The highest BCUT2D eigenvalue weighted by Gasteiger charge is 2.09. The molecule has 2 rings (SSSR count). The summed E-state index contributed by atoms with van der Waals surface area (Å²) < 4.78 is 7.27. The molecule has 0 bridgehead atoms. The molecular formula is C11H9BrN2O2. The van der Waals surface area contributed by atoms with Crippen molar-refractivity contribution in [2.24, 2.45) is 7.05 Å². The molecule has 82 valence electrons. The highest BCUT2D eigenvalue weighted by molar-refractivity contribution is 9.10. The van der Waals surface area contributed by atoms with Crippen LogP contribution in [0.1, 0.15) is 0 Å². The first-order valence-electron chi connectivity index (χ1n) is 4.63. The van der Waals surface area contributed by atoms with Crippen molar-refractivity contribution in [1.82, 2.24) is 9.78 Å². The van der Waals surface area contributed by atoms with Crippen LogP contribution in [0.4, 0.5) is 0 Å². The van der Waals surface area contributed by atoms with Gasteiger partial charge in [0.15, 0.2) is 0 Å². The number of benzene rings is 1. The van der Waals surface area contributed by atoms with Crippen LogP contribution < -0.4 is 10.3 Å². The van der Waals surface area contributed by atoms with Gasteiger partial charge >= 0.3 is 5.56 Å². The van der Waals surface area contributed by atoms with Gasteiger partial charge in [-0.05, 0) is 28.1 Å². The van der Waals surface area contributed by atoms with Gasteiger partial charge in [0.2, 0.25) is 5.75 Å². The van der Waals surface area contributed by atoms with Crippen LogP contribution in [-0.4, -0.2) is 9.78 Å². The highest BCUT2D eigenvalue weighted by atomic mass is 79.9. The Morgan fingerprint density at radius 1 is 1.31 bits per heavy atom. The third kappa shape index (κ3) is 2.14. The van der Waals surface area contributed by atoms with Gasteiger partial charge in [-0.15, -0.1) is 0 Å². The van der Waals surface area contributed by atoms with E-state index >= 15 is 0 Å². The zero-order valence-electron chi connectivity index (χ0n) is 8.55. The molecule has 0 atom stereocenters. The molecule has 2 aromatic rings. The number of aromatic nitrogens is 2. The molecule has 0 spiro atoms. The summed E-state index contributed by atoms with van der Waals surface area (Å²) >= 11 is 3.24. The fourth-order valence-electron chi connectivity index (χ4n) is 1.20. The molecule has 0 saturated carbocycles. The summed E-state index contributed by atoms with van der Waals surface area (Å²) in [4.78, 5) is 11.7. The van der Waals surface area contributed by atoms with Gasteiger partial charge in [-0.25, -0.2) is 4.68 Å². The van der Waals surface area contributed by atoms with Gasteiger partial charge in [-0.3, -0.25) is 4.79 Å². The Bertz CT molecular complexity index is 552. The average Bonchev–Trinajstić information content (AvgIpc) is 2.31. The molecule has 1 heterocycles. The number of nitrogens with zero attached hydrogens (tertiary/aromatic N) is 2. The monoisotopic (exact) mass is 280 g/mol. The zero-order chi connectivity index (χ0) is 11.5. The van der Waals surface area contributed by atoms with Crippen molar-refractivity contribution in [2.75, 3.05) is 0 Å². The minimum absolute atomic E-state index is 0.240. The predicted molar refractivity (Wildman–Crippen MR) is 63.7 cm³/mol. The van der Waals surface area contributed by atoms with Crippen LogP contribution in [0.25, 0.3) is 0 Å². The van der Waals surface area contributed by atoms with Crippen molar-refractivity contribution in [1.29, 1.82) is 0 Å². The summed E-state index contributed by atoms with van der Waals surface area (Å²) in [7, 11) is 1.58. The van der Waals surface area contributed by atoms with Gasteiger partial charge in [0.05, 0.1) is 10.7 Å². The second-order valence-electron chi connectivity index (χ2n) is 3.17. The van der Waals surface area contributed by atoms with Crippen LogP contribution in [0, 0.1) is 0 Å². The Hall–Kier alpha value is -1.62. The van der Waals surface area contributed by atoms with E-state index in [-0.39, 0.29) is 11.3 Å². The van der Waals surface area contributed by atoms with Crippen molar-refractivity contribution < 1.29 is 4.74 Å². The molecule has 1 aromatic carbocycles. The van der Waals surface area contributed by atoms with E-state index in [2.05, 4.69) is 21.0 Å². The maximum absolute atomic E-state index is 11.7. The van der Waals surface area contributed by atoms with E-state index < -0.39 is 0 Å². The highest BCUT2D eigenvalue weighted by Crippen LogP contribution is 2.24. The third-order valence-corrected chi connectivity index (χ3v) is 2.58. The van der Waals surface area contributed by atoms with Crippen LogP contribution in [-0.2, 0) is 7.05 Å². The first-order valence-corrected chi connectivity index (χ1v) is 5.42. The standard InChI is InChI=1S/C11H9BrN2O2/c1-14-11(15)10(9(12)7-13-14)16-8-5-3-2-4-6-8/h2-7H,1H3. The second kappa shape index (κ2) is 4.49. The lowest BCUT2D eigenvalue weighted by Crippen LogP contribution is -2.20. The van der Waals surface area contributed by atoms with E-state index in [9.17, 15) is 4.79 Å². The van der Waals surface area contributed by atoms with Gasteiger partial charge in [0.1, 0.15) is 5.75 Å². The Kier molecular flexibility index (Phi) is 3.05. The third-order valence-electron chi connectivity index (χ3n) is 2.01. The van der Waals surface area contributed by atoms with Crippen LogP contribution in [0.2, 0.25) is 0 Å². The molecule has 0 aliphatic rings. The molecule has 0 amide bonds. The smallest absolute Gasteiger partial charge is 0.310 e. The van der Waals surface area contributed by atoms with E-state index in [4.69, 9.17) is 4.74 Å². The van der Waals surface area contributed by atoms with E-state index in [0.717, 1.165) is 0 Å². The molecule has 1 aromatic heterocycles. The molecule has 0 aliphatic heterocycles. The van der Waals surface area contributed by atoms with Crippen LogP contribution in [0.15, 0.2) is 45.8 Å². The summed E-state index contributed by atoms with van der Waals surface area (Å²) in [6.45, 7) is 0. The quantitative estimate of drug-likeness (QED) is 0.848. The van der Waals surface area contributed by atoms with Crippen LogP contribution in [0.3, 0.4) is 0 Å². The zero-order valence-corrected chi connectivity index (χ0v) is 10.1. The Balaban J connectivity index is 2.43. The Morgan fingerprint density at radius 3 is 2.69 bits per heavy atom. The normalized spacial score (nSPS) is 10.1. The van der Waals surface area contributed by atoms with Gasteiger partial charge < -0.3 is 4.74 Å². The minimum atomic E-state index is -0.279. The lowest BCUT2D eigenvalue weighted by atomic mass is 10.3. The van der Waals surface area contributed by atoms with Crippen molar-refractivity contribution in [3.8, 4) is 11.5 Å². The number of rotatable bonds is 2. The van der Waals surface area contributed by atoms with Crippen LogP contribution in [0.5, 0.6) is 11.5 Å². The van der Waals surface area contributed by atoms with Crippen molar-refractivity contribution >= 4 is 15.9 Å². The summed E-state index contributed by atoms with van der Waals surface area (Å²) in [5.74, 6) is 0.857. The van der Waals surface area contributed by atoms with Gasteiger partial charge in [0.25, 0.3) is 0 Å². The maximum Gasteiger partial charge on any atom is 0.310 e. The first-order chi connectivity index (χ1) is 7.68. The minimum Gasteiger partial charge on any atom is -0.450 e. The summed E-state index contributed by atoms with van der Waals surface area (Å²) in [5, 5.41) is 3.86. The second-order valence-corrected chi connectivity index (χ2v) is 4.02. The first kappa shape index (κ1) is 10.9. The Morgan fingerprint density at radius 2 is 2.00 bits per heavy atom. The van der Waals surface area contributed by atoms with E-state index in [0.29, 0.717) is 10.2 Å². The number of hydrogen-bond acceptors (Lipinski definition) is 3. The van der Waals surface area contributed by atoms with Crippen molar-refractivity contribution in [3.63, 3.8) is 0 Å². The van der Waals surface area contributed by atoms with E-state index in [1.54, 1.807) is 19.2 Å². The lowest BCUT2D eigenvalue weighted by molar-refractivity contribution is 0.459. The fourth-order valence-corrected chi connectivity index (χ4v) is 1.54. The summed E-state index contributed by atoms with van der Waals surface area (Å²) in [5.41, 5.74) is -0.279. The molecule has 5 heteroatoms. The molecular weight excluding hydrogens is 272 g/mol. The van der Waals surface area contributed by atoms with E-state index in [1.165, 1.54) is 10.9 Å². The van der Waals surface area contributed by atoms with Crippen molar-refractivity contribution in [2.45, 2.75) is 0 Å². The number of para-hydroxylation sites is 1. The number of hydrogen-bond donors (Lipinski definition) is 0. The molecule has 0 N–H and O–H groups in total. The summed E-state index contributed by atoms with van der Waals surface area (Å²) in [6, 6.07) is 9.13. The molecule has 4 nitrogen and oxygen atoms in total. The molecule has 0 unspecified atom stereocenters. The largest absolute Gasteiger partial charge is 0.450 e. The molecule has 0 fully saturated rings. The molecule has 0 saturated heterocycles. The number of ether oxygens (including phenoxy) is 1. The van der Waals surface area contributed by atoms with Gasteiger partial charge in [-0.1, -0.05) is 18.2 Å².